The maximum Gasteiger partial charge on any atom is 0.144 e. The molecular formula is C56H34N2OS. The van der Waals surface area contributed by atoms with Crippen LogP contribution in [0.2, 0.25) is 0 Å². The average molecular weight is 783 g/mol. The highest BCUT2D eigenvalue weighted by Crippen LogP contribution is 2.44. The Balaban J connectivity index is 1.000. The predicted molar refractivity (Wildman–Crippen MR) is 255 cm³/mol. The molecule has 0 N–H and O–H groups in total. The largest absolute Gasteiger partial charge is 0.455 e. The van der Waals surface area contributed by atoms with Crippen LogP contribution in [0.15, 0.2) is 216 Å². The highest BCUT2D eigenvalue weighted by Gasteiger charge is 2.20. The van der Waals surface area contributed by atoms with Gasteiger partial charge >= 0.3 is 0 Å². The molecule has 0 atom stereocenters. The third kappa shape index (κ3) is 5.57. The summed E-state index contributed by atoms with van der Waals surface area (Å²) in [5.74, 6) is 0. The number of hydrogen-bond donors (Lipinski definition) is 0. The van der Waals surface area contributed by atoms with Gasteiger partial charge in [0, 0.05) is 63.8 Å². The van der Waals surface area contributed by atoms with Crippen molar-refractivity contribution in [1.82, 2.24) is 4.98 Å². The van der Waals surface area contributed by atoms with Crippen molar-refractivity contribution in [2.24, 2.45) is 4.99 Å². The second kappa shape index (κ2) is 13.7. The summed E-state index contributed by atoms with van der Waals surface area (Å²) in [6, 6.07) is 64.2. The molecule has 0 saturated carbocycles. The first-order chi connectivity index (χ1) is 29.6. The number of thiophene rings is 1. The summed E-state index contributed by atoms with van der Waals surface area (Å²) >= 11 is 1.85. The van der Waals surface area contributed by atoms with Gasteiger partial charge in [0.25, 0.3) is 0 Å². The van der Waals surface area contributed by atoms with E-state index in [1.807, 2.05) is 41.7 Å². The minimum atomic E-state index is 0.823. The van der Waals surface area contributed by atoms with Gasteiger partial charge in [0.1, 0.15) is 11.2 Å². The normalized spacial score (nSPS) is 13.3. The van der Waals surface area contributed by atoms with E-state index in [0.717, 1.165) is 99.9 Å². The second-order valence-corrected chi connectivity index (χ2v) is 16.4. The number of allylic oxidation sites excluding steroid dienone is 4. The van der Waals surface area contributed by atoms with Crippen LogP contribution in [0.1, 0.15) is 16.7 Å². The number of para-hydroxylation sites is 2. The first-order valence-corrected chi connectivity index (χ1v) is 21.0. The number of pyridine rings is 1. The smallest absolute Gasteiger partial charge is 0.144 e. The molecule has 1 aliphatic rings. The van der Waals surface area contributed by atoms with Crippen molar-refractivity contribution >= 4 is 92.1 Å². The van der Waals surface area contributed by atoms with Gasteiger partial charge in [-0.1, -0.05) is 152 Å². The van der Waals surface area contributed by atoms with Crippen LogP contribution in [-0.2, 0) is 0 Å². The second-order valence-electron chi connectivity index (χ2n) is 15.4. The van der Waals surface area contributed by atoms with Crippen LogP contribution >= 0.6 is 11.3 Å². The molecule has 0 saturated heterocycles. The van der Waals surface area contributed by atoms with Gasteiger partial charge in [0.2, 0.25) is 0 Å². The number of hydrogen-bond acceptors (Lipinski definition) is 4. The lowest BCUT2D eigenvalue weighted by Gasteiger charge is -2.13. The Morgan fingerprint density at radius 2 is 1.17 bits per heavy atom. The number of nitrogens with zero attached hydrogens (tertiary/aromatic N) is 2. The van der Waals surface area contributed by atoms with Crippen LogP contribution in [0.4, 0.5) is 0 Å². The lowest BCUT2D eigenvalue weighted by molar-refractivity contribution is 0.667. The first-order valence-electron chi connectivity index (χ1n) is 20.2. The quantitative estimate of drug-likeness (QED) is 0.163. The molecule has 3 nitrogen and oxygen atoms in total. The first kappa shape index (κ1) is 34.4. The van der Waals surface area contributed by atoms with Crippen LogP contribution in [0.25, 0.3) is 97.4 Å². The zero-order valence-electron chi connectivity index (χ0n) is 32.4. The molecule has 0 aliphatic carbocycles. The summed E-state index contributed by atoms with van der Waals surface area (Å²) in [5.41, 5.74) is 13.6. The SMILES string of the molecule is C=C1C=C(c2ccc(-c3ccc4nc(-c5ccccc5)c5ccc6sc7ccccc7c6c5c4c3)cc2)C=C(c2cccc3c2oc2ccccc23)N=C1c1ccccc1. The molecule has 3 aromatic heterocycles. The van der Waals surface area contributed by atoms with Crippen molar-refractivity contribution in [1.29, 1.82) is 0 Å². The zero-order chi connectivity index (χ0) is 39.7. The Morgan fingerprint density at radius 3 is 2.00 bits per heavy atom. The molecule has 0 amide bonds. The van der Waals surface area contributed by atoms with Crippen LogP contribution < -0.4 is 0 Å². The van der Waals surface area contributed by atoms with Gasteiger partial charge in [0.05, 0.1) is 22.6 Å². The molecular weight excluding hydrogens is 749 g/mol. The van der Waals surface area contributed by atoms with Gasteiger partial charge in [-0.25, -0.2) is 9.98 Å². The summed E-state index contributed by atoms with van der Waals surface area (Å²) in [6.07, 6.45) is 4.33. The van der Waals surface area contributed by atoms with Crippen molar-refractivity contribution in [3.05, 3.63) is 223 Å². The van der Waals surface area contributed by atoms with Crippen molar-refractivity contribution in [2.45, 2.75) is 0 Å². The number of aliphatic imine (C=N–C) groups is 1. The number of fused-ring (bicyclic) bond motifs is 10. The standard InChI is InChI=1S/C56H34N2OS/c1-34-31-40(33-48(58-54(34)37-13-4-2-5-14-37)43-20-12-19-42-41-17-8-10-21-49(41)59-56(42)43)36-25-23-35(24-26-36)39-27-29-47-46(32-39)52-45(55(57-47)38-15-6-3-7-16-38)28-30-51-53(52)44-18-9-11-22-50(44)60-51/h2-33H,1H2. The Kier molecular flexibility index (Phi) is 7.87. The number of furan rings is 1. The average Bonchev–Trinajstić information content (AvgIpc) is 3.83. The number of aromatic nitrogens is 1. The van der Waals surface area contributed by atoms with E-state index in [0.29, 0.717) is 0 Å². The molecule has 0 fully saturated rings. The summed E-state index contributed by atoms with van der Waals surface area (Å²) in [7, 11) is 0. The fourth-order valence-electron chi connectivity index (χ4n) is 8.93. The highest BCUT2D eigenvalue weighted by molar-refractivity contribution is 7.26. The van der Waals surface area contributed by atoms with Gasteiger partial charge in [-0.05, 0) is 76.4 Å². The van der Waals surface area contributed by atoms with Gasteiger partial charge in [-0.2, -0.15) is 0 Å². The Labute approximate surface area is 350 Å². The topological polar surface area (TPSA) is 38.4 Å². The van der Waals surface area contributed by atoms with Gasteiger partial charge in [-0.15, -0.1) is 11.3 Å². The van der Waals surface area contributed by atoms with E-state index in [-0.39, 0.29) is 0 Å². The maximum atomic E-state index is 6.52. The van der Waals surface area contributed by atoms with Crippen molar-refractivity contribution in [3.63, 3.8) is 0 Å². The van der Waals surface area contributed by atoms with E-state index in [1.54, 1.807) is 0 Å². The third-order valence-corrected chi connectivity index (χ3v) is 12.9. The van der Waals surface area contributed by atoms with Gasteiger partial charge in [0.15, 0.2) is 0 Å². The number of benzene rings is 8. The molecule has 4 heteroatoms. The van der Waals surface area contributed by atoms with Crippen molar-refractivity contribution in [2.75, 3.05) is 0 Å². The molecule has 0 spiro atoms. The minimum Gasteiger partial charge on any atom is -0.455 e. The molecule has 11 aromatic rings. The zero-order valence-corrected chi connectivity index (χ0v) is 33.2. The molecule has 8 aromatic carbocycles. The van der Waals surface area contributed by atoms with Gasteiger partial charge < -0.3 is 4.42 Å². The molecule has 0 bridgehead atoms. The molecule has 12 rings (SSSR count). The van der Waals surface area contributed by atoms with Crippen LogP contribution in [-0.4, -0.2) is 10.7 Å². The van der Waals surface area contributed by atoms with Crippen molar-refractivity contribution in [3.8, 4) is 22.4 Å². The van der Waals surface area contributed by atoms with Crippen molar-refractivity contribution < 1.29 is 4.42 Å². The number of rotatable bonds is 5. The molecule has 280 valence electrons. The maximum absolute atomic E-state index is 6.52. The molecule has 0 radical (unpaired) electrons. The molecule has 0 unspecified atom stereocenters. The van der Waals surface area contributed by atoms with Crippen LogP contribution in [0.3, 0.4) is 0 Å². The Bertz CT molecular complexity index is 3640. The summed E-state index contributed by atoms with van der Waals surface area (Å²) in [6.45, 7) is 4.54. The minimum absolute atomic E-state index is 0.823. The van der Waals surface area contributed by atoms with Crippen LogP contribution in [0, 0.1) is 0 Å². The monoisotopic (exact) mass is 782 g/mol. The fraction of sp³-hybridized carbons (Fsp3) is 0. The van der Waals surface area contributed by atoms with E-state index in [2.05, 4.69) is 170 Å². The van der Waals surface area contributed by atoms with Crippen LogP contribution in [0.5, 0.6) is 0 Å². The lowest BCUT2D eigenvalue weighted by atomic mass is 9.93. The van der Waals surface area contributed by atoms with E-state index in [4.69, 9.17) is 14.4 Å². The molecule has 4 heterocycles. The van der Waals surface area contributed by atoms with E-state index in [9.17, 15) is 0 Å². The van der Waals surface area contributed by atoms with E-state index >= 15 is 0 Å². The third-order valence-electron chi connectivity index (χ3n) is 11.8. The Hall–Kier alpha value is -7.66. The van der Waals surface area contributed by atoms with E-state index in [1.165, 1.54) is 25.6 Å². The predicted octanol–water partition coefficient (Wildman–Crippen LogP) is 15.5. The fourth-order valence-corrected chi connectivity index (χ4v) is 10.0. The Morgan fingerprint density at radius 1 is 0.467 bits per heavy atom. The summed E-state index contributed by atoms with van der Waals surface area (Å²) < 4.78 is 9.10. The highest BCUT2D eigenvalue weighted by atomic mass is 32.1. The van der Waals surface area contributed by atoms with E-state index < -0.39 is 0 Å². The van der Waals surface area contributed by atoms with Gasteiger partial charge in [-0.3, -0.25) is 0 Å². The molecule has 1 aliphatic heterocycles. The summed E-state index contributed by atoms with van der Waals surface area (Å²) in [4.78, 5) is 10.7. The summed E-state index contributed by atoms with van der Waals surface area (Å²) in [5, 5.41) is 8.31. The molecule has 60 heavy (non-hydrogen) atoms. The lowest BCUT2D eigenvalue weighted by Crippen LogP contribution is -2.02.